The van der Waals surface area contributed by atoms with Crippen LogP contribution in [0.3, 0.4) is 0 Å². The number of rotatable bonds is 6. The highest BCUT2D eigenvalue weighted by molar-refractivity contribution is 7.18. The molecule has 3 heterocycles. The fraction of sp³-hybridized carbons (Fsp3) is 0.600. The zero-order valence-electron chi connectivity index (χ0n) is 13.3. The first-order valence-corrected chi connectivity index (χ1v) is 8.75. The third kappa shape index (κ3) is 3.55. The summed E-state index contributed by atoms with van der Waals surface area (Å²) in [5, 5.41) is 23.0. The third-order valence-corrected chi connectivity index (χ3v) is 4.87. The lowest BCUT2D eigenvalue weighted by Crippen LogP contribution is -2.44. The van der Waals surface area contributed by atoms with E-state index in [-0.39, 0.29) is 13.2 Å². The average molecular weight is 337 g/mol. The molecule has 2 aromatic heterocycles. The van der Waals surface area contributed by atoms with E-state index in [0.29, 0.717) is 13.1 Å². The predicted molar refractivity (Wildman–Crippen MR) is 93.6 cm³/mol. The van der Waals surface area contributed by atoms with Gasteiger partial charge in [-0.1, -0.05) is 0 Å². The standard InChI is InChI=1S/C15H23N5O2S/c1-11-10-12-13(19(6-8-21)7-9-22)17-15(18-14(12)23-11)20-4-2-16-3-5-20/h10,16,21-22H,2-9H2,1H3. The van der Waals surface area contributed by atoms with E-state index in [2.05, 4.69) is 23.2 Å². The minimum Gasteiger partial charge on any atom is -0.395 e. The maximum Gasteiger partial charge on any atom is 0.228 e. The fourth-order valence-corrected chi connectivity index (χ4v) is 3.70. The molecular formula is C15H23N5O2S. The van der Waals surface area contributed by atoms with Crippen molar-refractivity contribution >= 4 is 33.3 Å². The van der Waals surface area contributed by atoms with Crippen molar-refractivity contribution in [1.82, 2.24) is 15.3 Å². The number of aliphatic hydroxyl groups excluding tert-OH is 2. The van der Waals surface area contributed by atoms with Gasteiger partial charge in [-0.05, 0) is 13.0 Å². The molecule has 0 spiro atoms. The number of aryl methyl sites for hydroxylation is 1. The summed E-state index contributed by atoms with van der Waals surface area (Å²) in [7, 11) is 0. The van der Waals surface area contributed by atoms with E-state index < -0.39 is 0 Å². The number of hydrogen-bond donors (Lipinski definition) is 3. The smallest absolute Gasteiger partial charge is 0.228 e. The Balaban J connectivity index is 2.05. The summed E-state index contributed by atoms with van der Waals surface area (Å²) in [5.41, 5.74) is 0. The molecule has 1 aliphatic heterocycles. The Bertz CT molecular complexity index is 651. The highest BCUT2D eigenvalue weighted by Crippen LogP contribution is 2.32. The summed E-state index contributed by atoms with van der Waals surface area (Å²) < 4.78 is 0. The first-order chi connectivity index (χ1) is 11.2. The number of nitrogens with zero attached hydrogens (tertiary/aromatic N) is 4. The Labute approximate surface area is 139 Å². The van der Waals surface area contributed by atoms with Crippen LogP contribution in [0.25, 0.3) is 10.2 Å². The second-order valence-corrected chi connectivity index (χ2v) is 6.83. The van der Waals surface area contributed by atoms with Crippen molar-refractivity contribution in [3.63, 3.8) is 0 Å². The zero-order chi connectivity index (χ0) is 16.2. The second-order valence-electron chi connectivity index (χ2n) is 5.59. The van der Waals surface area contributed by atoms with Crippen LogP contribution >= 0.6 is 11.3 Å². The molecule has 0 atom stereocenters. The molecule has 0 aliphatic carbocycles. The van der Waals surface area contributed by atoms with Crippen LogP contribution in [-0.4, -0.2) is 72.7 Å². The third-order valence-electron chi connectivity index (χ3n) is 3.92. The number of anilines is 2. The van der Waals surface area contributed by atoms with Gasteiger partial charge in [-0.2, -0.15) is 4.98 Å². The topological polar surface area (TPSA) is 84.8 Å². The van der Waals surface area contributed by atoms with Gasteiger partial charge in [-0.3, -0.25) is 0 Å². The zero-order valence-corrected chi connectivity index (χ0v) is 14.1. The van der Waals surface area contributed by atoms with Crippen LogP contribution in [-0.2, 0) is 0 Å². The highest BCUT2D eigenvalue weighted by atomic mass is 32.1. The molecule has 23 heavy (non-hydrogen) atoms. The molecular weight excluding hydrogens is 314 g/mol. The van der Waals surface area contributed by atoms with Crippen LogP contribution in [0.1, 0.15) is 4.88 Å². The minimum atomic E-state index is 0.0254. The van der Waals surface area contributed by atoms with Crippen molar-refractivity contribution in [2.24, 2.45) is 0 Å². The van der Waals surface area contributed by atoms with Crippen LogP contribution < -0.4 is 15.1 Å². The molecule has 0 aromatic carbocycles. The summed E-state index contributed by atoms with van der Waals surface area (Å²) >= 11 is 1.65. The number of nitrogens with one attached hydrogen (secondary N) is 1. The molecule has 1 fully saturated rings. The van der Waals surface area contributed by atoms with E-state index in [1.807, 2.05) is 4.90 Å². The van der Waals surface area contributed by atoms with Gasteiger partial charge >= 0.3 is 0 Å². The molecule has 1 aliphatic rings. The maximum atomic E-state index is 9.34. The summed E-state index contributed by atoms with van der Waals surface area (Å²) in [6.07, 6.45) is 0. The van der Waals surface area contributed by atoms with Crippen molar-refractivity contribution in [3.05, 3.63) is 10.9 Å². The lowest BCUT2D eigenvalue weighted by molar-refractivity contribution is 0.281. The van der Waals surface area contributed by atoms with E-state index in [1.54, 1.807) is 11.3 Å². The number of piperazine rings is 1. The fourth-order valence-electron chi connectivity index (χ4n) is 2.83. The molecule has 0 bridgehead atoms. The molecule has 0 radical (unpaired) electrons. The SMILES string of the molecule is Cc1cc2c(N(CCO)CCO)nc(N3CCNCC3)nc2s1. The molecule has 2 aromatic rings. The van der Waals surface area contributed by atoms with Crippen molar-refractivity contribution in [2.45, 2.75) is 6.92 Å². The number of fused-ring (bicyclic) bond motifs is 1. The Hall–Kier alpha value is -1.48. The summed E-state index contributed by atoms with van der Waals surface area (Å²) in [5.74, 6) is 1.53. The van der Waals surface area contributed by atoms with Crippen LogP contribution in [0.2, 0.25) is 0 Å². The normalized spacial score (nSPS) is 15.3. The van der Waals surface area contributed by atoms with Gasteiger partial charge in [0.15, 0.2) is 0 Å². The molecule has 0 saturated carbocycles. The van der Waals surface area contributed by atoms with Gasteiger partial charge in [-0.25, -0.2) is 4.98 Å². The molecule has 1 saturated heterocycles. The first-order valence-electron chi connectivity index (χ1n) is 7.93. The van der Waals surface area contributed by atoms with Gasteiger partial charge in [0.2, 0.25) is 5.95 Å². The Kier molecular flexibility index (Phi) is 5.27. The molecule has 3 rings (SSSR count). The quantitative estimate of drug-likeness (QED) is 0.694. The van der Waals surface area contributed by atoms with Gasteiger partial charge in [-0.15, -0.1) is 11.3 Å². The van der Waals surface area contributed by atoms with Gasteiger partial charge in [0, 0.05) is 44.1 Å². The number of hydrogen-bond acceptors (Lipinski definition) is 8. The van der Waals surface area contributed by atoms with Crippen molar-refractivity contribution < 1.29 is 10.2 Å². The molecule has 0 amide bonds. The molecule has 3 N–H and O–H groups in total. The van der Waals surface area contributed by atoms with Crippen LogP contribution in [0.4, 0.5) is 11.8 Å². The van der Waals surface area contributed by atoms with E-state index in [0.717, 1.165) is 48.2 Å². The van der Waals surface area contributed by atoms with E-state index in [4.69, 9.17) is 9.97 Å². The summed E-state index contributed by atoms with van der Waals surface area (Å²) in [6.45, 7) is 6.63. The lowest BCUT2D eigenvalue weighted by atomic mass is 10.3. The van der Waals surface area contributed by atoms with Gasteiger partial charge in [0.05, 0.1) is 18.6 Å². The van der Waals surface area contributed by atoms with Crippen molar-refractivity contribution in [3.8, 4) is 0 Å². The Morgan fingerprint density at radius 2 is 1.91 bits per heavy atom. The van der Waals surface area contributed by atoms with Crippen LogP contribution in [0, 0.1) is 6.92 Å². The predicted octanol–water partition coefficient (Wildman–Crippen LogP) is 0.200. The number of aromatic nitrogens is 2. The van der Waals surface area contributed by atoms with Gasteiger partial charge < -0.3 is 25.3 Å². The molecule has 0 unspecified atom stereocenters. The summed E-state index contributed by atoms with van der Waals surface area (Å²) in [4.78, 5) is 15.8. The van der Waals surface area contributed by atoms with Gasteiger partial charge in [0.25, 0.3) is 0 Å². The maximum absolute atomic E-state index is 9.34. The molecule has 8 heteroatoms. The van der Waals surface area contributed by atoms with Crippen LogP contribution in [0.15, 0.2) is 6.07 Å². The van der Waals surface area contributed by atoms with Gasteiger partial charge in [0.1, 0.15) is 10.6 Å². The molecule has 7 nitrogen and oxygen atoms in total. The Morgan fingerprint density at radius 3 is 2.57 bits per heavy atom. The van der Waals surface area contributed by atoms with E-state index >= 15 is 0 Å². The molecule has 126 valence electrons. The average Bonchev–Trinajstić information content (AvgIpc) is 2.94. The number of thiophene rings is 1. The summed E-state index contributed by atoms with van der Waals surface area (Å²) in [6, 6.07) is 2.08. The second kappa shape index (κ2) is 7.39. The highest BCUT2D eigenvalue weighted by Gasteiger charge is 2.20. The number of aliphatic hydroxyl groups is 2. The first kappa shape index (κ1) is 16.4. The van der Waals surface area contributed by atoms with Crippen molar-refractivity contribution in [2.75, 3.05) is 62.3 Å². The minimum absolute atomic E-state index is 0.0254. The van der Waals surface area contributed by atoms with Crippen LogP contribution in [0.5, 0.6) is 0 Å². The largest absolute Gasteiger partial charge is 0.395 e. The Morgan fingerprint density at radius 1 is 1.22 bits per heavy atom. The lowest BCUT2D eigenvalue weighted by Gasteiger charge is -2.29. The van der Waals surface area contributed by atoms with E-state index in [9.17, 15) is 10.2 Å². The van der Waals surface area contributed by atoms with E-state index in [1.165, 1.54) is 4.88 Å². The monoisotopic (exact) mass is 337 g/mol. The van der Waals surface area contributed by atoms with Crippen molar-refractivity contribution in [1.29, 1.82) is 0 Å².